The largest absolute Gasteiger partial charge is 0.496 e. The number of carbonyl (C=O) groups excluding carboxylic acids is 2. The van der Waals surface area contributed by atoms with Gasteiger partial charge >= 0.3 is 0 Å². The van der Waals surface area contributed by atoms with Crippen LogP contribution < -0.4 is 4.74 Å². The Labute approximate surface area is 171 Å². The van der Waals surface area contributed by atoms with Crippen molar-refractivity contribution in [3.8, 4) is 5.75 Å². The third-order valence-electron chi connectivity index (χ3n) is 5.48. The van der Waals surface area contributed by atoms with Gasteiger partial charge in [0.15, 0.2) is 0 Å². The highest BCUT2D eigenvalue weighted by molar-refractivity contribution is 6.31. The van der Waals surface area contributed by atoms with Crippen LogP contribution in [0.5, 0.6) is 5.75 Å². The maximum atomic E-state index is 13.0. The predicted molar refractivity (Wildman–Crippen MR) is 107 cm³/mol. The predicted octanol–water partition coefficient (Wildman–Crippen LogP) is 1.74. The lowest BCUT2D eigenvalue weighted by atomic mass is 10.1. The standard InChI is InChI=1S/C20H28ClN3O4/c1-27-13-12-24-9-6-17(20(24)26)22-7-3-8-23(11-10-22)19(25)16-14-15(21)4-5-18(16)28-2/h4-5,14,17H,3,6-13H2,1-2H3/t17-/m1/s1. The van der Waals surface area contributed by atoms with Gasteiger partial charge in [-0.25, -0.2) is 0 Å². The molecule has 2 aliphatic rings. The minimum atomic E-state index is -0.0902. The van der Waals surface area contributed by atoms with E-state index in [-0.39, 0.29) is 17.9 Å². The van der Waals surface area contributed by atoms with Gasteiger partial charge in [-0.3, -0.25) is 14.5 Å². The van der Waals surface area contributed by atoms with Crippen LogP contribution >= 0.6 is 11.6 Å². The fourth-order valence-corrected chi connectivity index (χ4v) is 4.13. The fourth-order valence-electron chi connectivity index (χ4n) is 3.95. The number of methoxy groups -OCH3 is 2. The molecule has 2 amide bonds. The topological polar surface area (TPSA) is 62.3 Å². The van der Waals surface area contributed by atoms with Gasteiger partial charge in [0, 0.05) is 51.4 Å². The van der Waals surface area contributed by atoms with Gasteiger partial charge in [0.25, 0.3) is 5.91 Å². The van der Waals surface area contributed by atoms with Crippen LogP contribution in [0.2, 0.25) is 5.02 Å². The molecule has 1 aromatic carbocycles. The molecule has 1 aromatic rings. The molecule has 28 heavy (non-hydrogen) atoms. The van der Waals surface area contributed by atoms with Crippen LogP contribution in [0.25, 0.3) is 0 Å². The van der Waals surface area contributed by atoms with E-state index in [0.29, 0.717) is 49.1 Å². The second-order valence-electron chi connectivity index (χ2n) is 7.15. The number of likely N-dealkylation sites (tertiary alicyclic amines) is 1. The Hall–Kier alpha value is -1.83. The molecule has 3 rings (SSSR count). The van der Waals surface area contributed by atoms with Crippen molar-refractivity contribution in [2.45, 2.75) is 18.9 Å². The normalized spacial score (nSPS) is 21.1. The number of amides is 2. The summed E-state index contributed by atoms with van der Waals surface area (Å²) in [5, 5.41) is 0.508. The van der Waals surface area contributed by atoms with E-state index in [2.05, 4.69) is 4.90 Å². The Kier molecular flexibility index (Phi) is 7.15. The third kappa shape index (κ3) is 4.59. The summed E-state index contributed by atoms with van der Waals surface area (Å²) >= 11 is 6.08. The van der Waals surface area contributed by atoms with E-state index in [1.54, 1.807) is 32.4 Å². The first-order chi connectivity index (χ1) is 13.5. The van der Waals surface area contributed by atoms with Gasteiger partial charge in [-0.2, -0.15) is 0 Å². The molecule has 0 N–H and O–H groups in total. The van der Waals surface area contributed by atoms with Crippen LogP contribution in [0, 0.1) is 0 Å². The minimum absolute atomic E-state index is 0.0827. The van der Waals surface area contributed by atoms with E-state index in [9.17, 15) is 9.59 Å². The summed E-state index contributed by atoms with van der Waals surface area (Å²) in [5.41, 5.74) is 0.478. The molecule has 0 aromatic heterocycles. The zero-order valence-electron chi connectivity index (χ0n) is 16.5. The van der Waals surface area contributed by atoms with Crippen LogP contribution in [0.1, 0.15) is 23.2 Å². The summed E-state index contributed by atoms with van der Waals surface area (Å²) in [6, 6.07) is 4.99. The van der Waals surface area contributed by atoms with Crippen molar-refractivity contribution >= 4 is 23.4 Å². The van der Waals surface area contributed by atoms with E-state index in [1.165, 1.54) is 0 Å². The Morgan fingerprint density at radius 2 is 2.00 bits per heavy atom. The number of hydrogen-bond acceptors (Lipinski definition) is 5. The maximum absolute atomic E-state index is 13.0. The molecule has 154 valence electrons. The zero-order valence-corrected chi connectivity index (χ0v) is 17.3. The summed E-state index contributed by atoms with van der Waals surface area (Å²) in [5.74, 6) is 0.615. The van der Waals surface area contributed by atoms with Crippen LogP contribution in [-0.2, 0) is 9.53 Å². The van der Waals surface area contributed by atoms with Crippen molar-refractivity contribution in [3.63, 3.8) is 0 Å². The van der Waals surface area contributed by atoms with Gasteiger partial charge in [0.1, 0.15) is 5.75 Å². The van der Waals surface area contributed by atoms with Gasteiger partial charge in [0.2, 0.25) is 5.91 Å². The molecule has 2 fully saturated rings. The van der Waals surface area contributed by atoms with E-state index < -0.39 is 0 Å². The van der Waals surface area contributed by atoms with Crippen molar-refractivity contribution in [1.29, 1.82) is 0 Å². The highest BCUT2D eigenvalue weighted by atomic mass is 35.5. The quantitative estimate of drug-likeness (QED) is 0.716. The smallest absolute Gasteiger partial charge is 0.257 e. The Balaban J connectivity index is 1.63. The van der Waals surface area contributed by atoms with E-state index >= 15 is 0 Å². The van der Waals surface area contributed by atoms with Crippen LogP contribution in [0.15, 0.2) is 18.2 Å². The van der Waals surface area contributed by atoms with Crippen molar-refractivity contribution in [1.82, 2.24) is 14.7 Å². The number of rotatable bonds is 6. The second kappa shape index (κ2) is 9.58. The van der Waals surface area contributed by atoms with Crippen LogP contribution in [-0.4, -0.2) is 92.7 Å². The van der Waals surface area contributed by atoms with Gasteiger partial charge in [-0.15, -0.1) is 0 Å². The summed E-state index contributed by atoms with van der Waals surface area (Å²) in [7, 11) is 3.19. The summed E-state index contributed by atoms with van der Waals surface area (Å²) in [6.45, 7) is 4.69. The van der Waals surface area contributed by atoms with Gasteiger partial charge in [-0.1, -0.05) is 11.6 Å². The maximum Gasteiger partial charge on any atom is 0.257 e. The molecule has 0 unspecified atom stereocenters. The molecule has 7 nitrogen and oxygen atoms in total. The number of carbonyl (C=O) groups is 2. The number of ether oxygens (including phenoxy) is 2. The second-order valence-corrected chi connectivity index (χ2v) is 7.59. The van der Waals surface area contributed by atoms with Crippen LogP contribution in [0.4, 0.5) is 0 Å². The molecule has 1 atom stereocenters. The lowest BCUT2D eigenvalue weighted by molar-refractivity contribution is -0.132. The monoisotopic (exact) mass is 409 g/mol. The van der Waals surface area contributed by atoms with Gasteiger partial charge in [0.05, 0.1) is 25.3 Å². The molecule has 0 saturated carbocycles. The molecule has 0 bridgehead atoms. The minimum Gasteiger partial charge on any atom is -0.496 e. The number of hydrogen-bond donors (Lipinski definition) is 0. The molecular formula is C20H28ClN3O4. The van der Waals surface area contributed by atoms with Crippen molar-refractivity contribution in [2.75, 3.05) is 60.1 Å². The zero-order chi connectivity index (χ0) is 20.1. The van der Waals surface area contributed by atoms with Crippen molar-refractivity contribution in [3.05, 3.63) is 28.8 Å². The van der Waals surface area contributed by atoms with Gasteiger partial charge < -0.3 is 19.3 Å². The number of benzene rings is 1. The first-order valence-corrected chi connectivity index (χ1v) is 10.1. The van der Waals surface area contributed by atoms with E-state index in [1.807, 2.05) is 9.80 Å². The highest BCUT2D eigenvalue weighted by Crippen LogP contribution is 2.25. The molecule has 0 spiro atoms. The number of halogens is 1. The molecule has 8 heteroatoms. The van der Waals surface area contributed by atoms with Gasteiger partial charge in [-0.05, 0) is 31.0 Å². The first-order valence-electron chi connectivity index (χ1n) is 9.69. The lowest BCUT2D eigenvalue weighted by Crippen LogP contribution is -2.44. The summed E-state index contributed by atoms with van der Waals surface area (Å²) in [6.07, 6.45) is 1.66. The average Bonchev–Trinajstić information content (AvgIpc) is 2.91. The fraction of sp³-hybridized carbons (Fsp3) is 0.600. The first kappa shape index (κ1) is 20.9. The number of nitrogens with zero attached hydrogens (tertiary/aromatic N) is 3. The van der Waals surface area contributed by atoms with Crippen LogP contribution in [0.3, 0.4) is 0 Å². The third-order valence-corrected chi connectivity index (χ3v) is 5.72. The average molecular weight is 410 g/mol. The Morgan fingerprint density at radius 1 is 1.18 bits per heavy atom. The lowest BCUT2D eigenvalue weighted by Gasteiger charge is -2.26. The molecule has 2 aliphatic heterocycles. The summed E-state index contributed by atoms with van der Waals surface area (Å²) in [4.78, 5) is 31.6. The summed E-state index contributed by atoms with van der Waals surface area (Å²) < 4.78 is 10.4. The van der Waals surface area contributed by atoms with E-state index in [4.69, 9.17) is 21.1 Å². The molecule has 0 radical (unpaired) electrons. The molecule has 0 aliphatic carbocycles. The molecule has 2 saturated heterocycles. The SMILES string of the molecule is COCCN1CC[C@@H](N2CCCN(C(=O)c3cc(Cl)ccc3OC)CC2)C1=O. The Bertz CT molecular complexity index is 715. The van der Waals surface area contributed by atoms with Crippen molar-refractivity contribution in [2.24, 2.45) is 0 Å². The molecular weight excluding hydrogens is 382 g/mol. The highest BCUT2D eigenvalue weighted by Gasteiger charge is 2.36. The van der Waals surface area contributed by atoms with Crippen molar-refractivity contribution < 1.29 is 19.1 Å². The molecule has 2 heterocycles. The van der Waals surface area contributed by atoms with E-state index in [0.717, 1.165) is 25.9 Å². The Morgan fingerprint density at radius 3 is 2.75 bits per heavy atom.